The quantitative estimate of drug-likeness (QED) is 0.909. The van der Waals surface area contributed by atoms with E-state index >= 15 is 0 Å². The van der Waals surface area contributed by atoms with E-state index in [0.29, 0.717) is 25.7 Å². The highest BCUT2D eigenvalue weighted by Crippen LogP contribution is 2.43. The first-order valence-corrected chi connectivity index (χ1v) is 6.25. The Kier molecular flexibility index (Phi) is 3.40. The second-order valence-corrected chi connectivity index (χ2v) is 4.94. The number of hydrogen-bond acceptors (Lipinski definition) is 3. The molecule has 16 heavy (non-hydrogen) atoms. The van der Waals surface area contributed by atoms with E-state index < -0.39 is 0 Å². The molecule has 0 fully saturated rings. The Morgan fingerprint density at radius 2 is 2.06 bits per heavy atom. The van der Waals surface area contributed by atoms with Crippen LogP contribution in [0.4, 0.5) is 0 Å². The minimum absolute atomic E-state index is 0.406. The lowest BCUT2D eigenvalue weighted by molar-refractivity contribution is 0.170. The third kappa shape index (κ3) is 1.92. The van der Waals surface area contributed by atoms with E-state index in [9.17, 15) is 0 Å². The van der Waals surface area contributed by atoms with Gasteiger partial charge in [-0.3, -0.25) is 0 Å². The number of nitrogens with two attached hydrogens (primary N) is 1. The van der Waals surface area contributed by atoms with Crippen LogP contribution in [0.3, 0.4) is 0 Å². The Labute approximate surface area is 104 Å². The highest BCUT2D eigenvalue weighted by Gasteiger charge is 2.22. The molecule has 0 saturated carbocycles. The van der Waals surface area contributed by atoms with Crippen molar-refractivity contribution in [1.29, 1.82) is 0 Å². The lowest BCUT2D eigenvalue weighted by Crippen LogP contribution is -2.17. The highest BCUT2D eigenvalue weighted by molar-refractivity contribution is 9.10. The third-order valence-corrected chi connectivity index (χ3v) is 3.48. The summed E-state index contributed by atoms with van der Waals surface area (Å²) in [5.74, 6) is 2.01. The van der Waals surface area contributed by atoms with Crippen molar-refractivity contribution in [2.75, 3.05) is 13.2 Å². The zero-order chi connectivity index (χ0) is 11.7. The molecule has 1 aliphatic heterocycles. The zero-order valence-electron chi connectivity index (χ0n) is 9.55. The van der Waals surface area contributed by atoms with Gasteiger partial charge in [0.2, 0.25) is 0 Å². The summed E-state index contributed by atoms with van der Waals surface area (Å²) in [6.45, 7) is 6.02. The Bertz CT molecular complexity index is 404. The number of fused-ring (bicyclic) bond motifs is 1. The maximum absolute atomic E-state index is 5.77. The van der Waals surface area contributed by atoms with E-state index in [1.54, 1.807) is 0 Å². The Morgan fingerprint density at radius 3 is 2.69 bits per heavy atom. The molecule has 0 saturated heterocycles. The van der Waals surface area contributed by atoms with Crippen molar-refractivity contribution < 1.29 is 9.47 Å². The molecule has 0 aliphatic carbocycles. The highest BCUT2D eigenvalue weighted by atomic mass is 79.9. The maximum atomic E-state index is 5.77. The maximum Gasteiger partial charge on any atom is 0.175 e. The smallest absolute Gasteiger partial charge is 0.175 e. The predicted octanol–water partition coefficient (Wildman–Crippen LogP) is 2.80. The van der Waals surface area contributed by atoms with Crippen LogP contribution < -0.4 is 15.2 Å². The SMILES string of the molecule is CC(C)c1c(CN)cc2c(c1Br)OCCO2. The Hall–Kier alpha value is -0.740. The first kappa shape index (κ1) is 11.7. The van der Waals surface area contributed by atoms with Gasteiger partial charge in [-0.05, 0) is 39.0 Å². The molecule has 1 aliphatic rings. The van der Waals surface area contributed by atoms with Gasteiger partial charge in [-0.25, -0.2) is 0 Å². The van der Waals surface area contributed by atoms with Crippen LogP contribution in [0, 0.1) is 0 Å². The molecule has 0 aromatic heterocycles. The first-order valence-electron chi connectivity index (χ1n) is 5.46. The number of ether oxygens (including phenoxy) is 2. The van der Waals surface area contributed by atoms with Crippen molar-refractivity contribution in [1.82, 2.24) is 0 Å². The van der Waals surface area contributed by atoms with E-state index in [-0.39, 0.29) is 0 Å². The molecular formula is C12H16BrNO2. The monoisotopic (exact) mass is 285 g/mol. The Balaban J connectivity index is 2.60. The molecule has 0 spiro atoms. The summed E-state index contributed by atoms with van der Waals surface area (Å²) in [7, 11) is 0. The summed E-state index contributed by atoms with van der Waals surface area (Å²) in [5, 5.41) is 0. The van der Waals surface area contributed by atoms with E-state index in [4.69, 9.17) is 15.2 Å². The molecule has 0 bridgehead atoms. The van der Waals surface area contributed by atoms with Crippen LogP contribution >= 0.6 is 15.9 Å². The normalized spacial score (nSPS) is 14.3. The second-order valence-electron chi connectivity index (χ2n) is 4.15. The standard InChI is InChI=1S/C12H16BrNO2/c1-7(2)10-8(6-14)5-9-12(11(10)13)16-4-3-15-9/h5,7H,3-4,6,14H2,1-2H3. The lowest BCUT2D eigenvalue weighted by Gasteiger charge is -2.24. The minimum atomic E-state index is 0.406. The molecule has 4 heteroatoms. The largest absolute Gasteiger partial charge is 0.486 e. The topological polar surface area (TPSA) is 44.5 Å². The Morgan fingerprint density at radius 1 is 1.38 bits per heavy atom. The number of halogens is 1. The molecular weight excluding hydrogens is 270 g/mol. The fraction of sp³-hybridized carbons (Fsp3) is 0.500. The van der Waals surface area contributed by atoms with Crippen LogP contribution in [-0.4, -0.2) is 13.2 Å². The zero-order valence-corrected chi connectivity index (χ0v) is 11.1. The van der Waals surface area contributed by atoms with Crippen LogP contribution in [0.1, 0.15) is 30.9 Å². The summed E-state index contributed by atoms with van der Waals surface area (Å²) in [5.41, 5.74) is 8.10. The minimum Gasteiger partial charge on any atom is -0.486 e. The second kappa shape index (κ2) is 4.63. The van der Waals surface area contributed by atoms with E-state index in [1.165, 1.54) is 5.56 Å². The van der Waals surface area contributed by atoms with E-state index in [2.05, 4.69) is 29.8 Å². The number of hydrogen-bond donors (Lipinski definition) is 1. The van der Waals surface area contributed by atoms with Crippen molar-refractivity contribution in [3.05, 3.63) is 21.7 Å². The average Bonchev–Trinajstić information content (AvgIpc) is 2.28. The van der Waals surface area contributed by atoms with Gasteiger partial charge in [0.1, 0.15) is 13.2 Å². The first-order chi connectivity index (χ1) is 7.65. The van der Waals surface area contributed by atoms with Crippen LogP contribution in [0.2, 0.25) is 0 Å². The van der Waals surface area contributed by atoms with Gasteiger partial charge in [0, 0.05) is 6.54 Å². The van der Waals surface area contributed by atoms with Crippen molar-refractivity contribution >= 4 is 15.9 Å². The molecule has 88 valence electrons. The number of benzene rings is 1. The van der Waals surface area contributed by atoms with Crippen LogP contribution in [0.25, 0.3) is 0 Å². The molecule has 3 nitrogen and oxygen atoms in total. The lowest BCUT2D eigenvalue weighted by atomic mass is 9.96. The van der Waals surface area contributed by atoms with Gasteiger partial charge < -0.3 is 15.2 Å². The average molecular weight is 286 g/mol. The van der Waals surface area contributed by atoms with Gasteiger partial charge in [0.05, 0.1) is 4.47 Å². The van der Waals surface area contributed by atoms with Crippen LogP contribution in [0.5, 0.6) is 11.5 Å². The molecule has 1 aromatic rings. The summed E-state index contributed by atoms with van der Waals surface area (Å²) in [6.07, 6.45) is 0. The number of rotatable bonds is 2. The van der Waals surface area contributed by atoms with Crippen molar-refractivity contribution in [3.63, 3.8) is 0 Å². The van der Waals surface area contributed by atoms with Crippen molar-refractivity contribution in [2.45, 2.75) is 26.3 Å². The van der Waals surface area contributed by atoms with Gasteiger partial charge in [-0.15, -0.1) is 0 Å². The molecule has 2 rings (SSSR count). The van der Waals surface area contributed by atoms with Gasteiger partial charge in [-0.2, -0.15) is 0 Å². The fourth-order valence-electron chi connectivity index (χ4n) is 2.00. The molecule has 0 amide bonds. The van der Waals surface area contributed by atoms with Gasteiger partial charge >= 0.3 is 0 Å². The van der Waals surface area contributed by atoms with Crippen molar-refractivity contribution in [3.8, 4) is 11.5 Å². The van der Waals surface area contributed by atoms with Crippen LogP contribution in [0.15, 0.2) is 10.5 Å². The summed E-state index contributed by atoms with van der Waals surface area (Å²) in [6, 6.07) is 1.99. The van der Waals surface area contributed by atoms with Crippen LogP contribution in [-0.2, 0) is 6.54 Å². The molecule has 1 aromatic carbocycles. The van der Waals surface area contributed by atoms with E-state index in [1.807, 2.05) is 6.07 Å². The van der Waals surface area contributed by atoms with Gasteiger partial charge in [-0.1, -0.05) is 13.8 Å². The van der Waals surface area contributed by atoms with Gasteiger partial charge in [0.15, 0.2) is 11.5 Å². The molecule has 1 heterocycles. The molecule has 0 radical (unpaired) electrons. The summed E-state index contributed by atoms with van der Waals surface area (Å²) in [4.78, 5) is 0. The molecule has 2 N–H and O–H groups in total. The van der Waals surface area contributed by atoms with E-state index in [0.717, 1.165) is 21.5 Å². The predicted molar refractivity (Wildman–Crippen MR) is 67.1 cm³/mol. The van der Waals surface area contributed by atoms with Crippen molar-refractivity contribution in [2.24, 2.45) is 5.73 Å². The fourth-order valence-corrected chi connectivity index (χ4v) is 3.03. The molecule has 0 atom stereocenters. The van der Waals surface area contributed by atoms with Gasteiger partial charge in [0.25, 0.3) is 0 Å². The summed E-state index contributed by atoms with van der Waals surface area (Å²) >= 11 is 3.60. The molecule has 0 unspecified atom stereocenters. The summed E-state index contributed by atoms with van der Waals surface area (Å²) < 4.78 is 12.2. The third-order valence-electron chi connectivity index (χ3n) is 2.70.